The molecule has 1 aliphatic rings. The van der Waals surface area contributed by atoms with Crippen LogP contribution in [0.2, 0.25) is 5.02 Å². The van der Waals surface area contributed by atoms with Crippen LogP contribution >= 0.6 is 11.6 Å². The molecule has 122 valence electrons. The van der Waals surface area contributed by atoms with Crippen molar-refractivity contribution in [1.29, 1.82) is 0 Å². The van der Waals surface area contributed by atoms with E-state index in [1.807, 2.05) is 13.8 Å². The van der Waals surface area contributed by atoms with Gasteiger partial charge in [-0.2, -0.15) is 0 Å². The van der Waals surface area contributed by atoms with Crippen LogP contribution in [0.1, 0.15) is 26.7 Å². The molecular formula is C15H22ClN3O3. The lowest BCUT2D eigenvalue weighted by atomic mass is 10.0. The zero-order valence-corrected chi connectivity index (χ0v) is 13.6. The minimum Gasteiger partial charge on any atom is -0.489 e. The van der Waals surface area contributed by atoms with E-state index in [-0.39, 0.29) is 12.1 Å². The summed E-state index contributed by atoms with van der Waals surface area (Å²) in [7, 11) is 0. The third kappa shape index (κ3) is 4.10. The highest BCUT2D eigenvalue weighted by atomic mass is 35.5. The third-order valence-electron chi connectivity index (χ3n) is 3.59. The van der Waals surface area contributed by atoms with E-state index < -0.39 is 6.09 Å². The molecule has 1 saturated heterocycles. The number of ether oxygens (including phenoxy) is 1. The number of carboxylic acid groups (broad SMARTS) is 1. The zero-order chi connectivity index (χ0) is 16.3. The number of rotatable bonds is 4. The molecule has 22 heavy (non-hydrogen) atoms. The van der Waals surface area contributed by atoms with Crippen molar-refractivity contribution in [3.05, 3.63) is 17.2 Å². The van der Waals surface area contributed by atoms with Gasteiger partial charge in [-0.25, -0.2) is 4.79 Å². The highest BCUT2D eigenvalue weighted by Crippen LogP contribution is 2.34. The molecule has 0 unspecified atom stereocenters. The number of piperidine rings is 1. The van der Waals surface area contributed by atoms with E-state index in [0.717, 1.165) is 18.5 Å². The van der Waals surface area contributed by atoms with Gasteiger partial charge in [-0.15, -0.1) is 0 Å². The SMILES string of the molecule is CC(C)Oc1cc(NC2CCN(C(=O)O)CC2)c(N)cc1Cl. The van der Waals surface area contributed by atoms with Crippen LogP contribution in [0, 0.1) is 0 Å². The Morgan fingerprint density at radius 2 is 2.09 bits per heavy atom. The predicted octanol–water partition coefficient (Wildman–Crippen LogP) is 3.26. The number of hydrogen-bond acceptors (Lipinski definition) is 4. The Labute approximate surface area is 135 Å². The van der Waals surface area contributed by atoms with Crippen molar-refractivity contribution in [3.8, 4) is 5.75 Å². The van der Waals surface area contributed by atoms with Crippen LogP contribution in [0.25, 0.3) is 0 Å². The van der Waals surface area contributed by atoms with Gasteiger partial charge in [0, 0.05) is 25.2 Å². The van der Waals surface area contributed by atoms with E-state index in [4.69, 9.17) is 27.2 Å². The normalized spacial score (nSPS) is 15.9. The van der Waals surface area contributed by atoms with Gasteiger partial charge in [0.2, 0.25) is 0 Å². The molecule has 1 aromatic carbocycles. The first-order valence-corrected chi connectivity index (χ1v) is 7.74. The molecule has 1 heterocycles. The van der Waals surface area contributed by atoms with Crippen LogP contribution < -0.4 is 15.8 Å². The number of likely N-dealkylation sites (tertiary alicyclic amines) is 1. The van der Waals surface area contributed by atoms with Crippen LogP contribution in [-0.2, 0) is 0 Å². The molecule has 6 nitrogen and oxygen atoms in total. The van der Waals surface area contributed by atoms with E-state index in [1.54, 1.807) is 12.1 Å². The second kappa shape index (κ2) is 6.96. The van der Waals surface area contributed by atoms with Crippen LogP contribution in [0.3, 0.4) is 0 Å². The van der Waals surface area contributed by atoms with Gasteiger partial charge in [0.15, 0.2) is 0 Å². The smallest absolute Gasteiger partial charge is 0.407 e. The van der Waals surface area contributed by atoms with Crippen LogP contribution in [0.5, 0.6) is 5.75 Å². The van der Waals surface area contributed by atoms with Gasteiger partial charge < -0.3 is 25.8 Å². The fraction of sp³-hybridized carbons (Fsp3) is 0.533. The summed E-state index contributed by atoms with van der Waals surface area (Å²) in [5.41, 5.74) is 7.34. The minimum absolute atomic E-state index is 0.0211. The van der Waals surface area contributed by atoms with Gasteiger partial charge in [0.1, 0.15) is 5.75 Å². The Balaban J connectivity index is 2.05. The topological polar surface area (TPSA) is 87.8 Å². The van der Waals surface area contributed by atoms with Crippen LogP contribution in [0.4, 0.5) is 16.2 Å². The van der Waals surface area contributed by atoms with E-state index in [9.17, 15) is 4.79 Å². The van der Waals surface area contributed by atoms with Crippen molar-refractivity contribution < 1.29 is 14.6 Å². The summed E-state index contributed by atoms with van der Waals surface area (Å²) in [6.45, 7) is 4.91. The molecule has 7 heteroatoms. The standard InChI is InChI=1S/C15H22ClN3O3/c1-9(2)22-14-8-13(12(17)7-11(14)16)18-10-3-5-19(6-4-10)15(20)21/h7-10,18H,3-6,17H2,1-2H3,(H,20,21). The lowest BCUT2D eigenvalue weighted by Gasteiger charge is -2.31. The van der Waals surface area contributed by atoms with E-state index in [0.29, 0.717) is 29.5 Å². The van der Waals surface area contributed by atoms with Gasteiger partial charge in [0.25, 0.3) is 0 Å². The quantitative estimate of drug-likeness (QED) is 0.739. The fourth-order valence-electron chi connectivity index (χ4n) is 2.47. The van der Waals surface area contributed by atoms with Crippen molar-refractivity contribution in [2.75, 3.05) is 24.1 Å². The average molecular weight is 328 g/mol. The molecule has 1 fully saturated rings. The number of nitrogen functional groups attached to an aromatic ring is 1. The largest absolute Gasteiger partial charge is 0.489 e. The summed E-state index contributed by atoms with van der Waals surface area (Å²) in [4.78, 5) is 12.3. The Hall–Kier alpha value is -1.82. The van der Waals surface area contributed by atoms with Crippen molar-refractivity contribution in [1.82, 2.24) is 4.90 Å². The maximum Gasteiger partial charge on any atom is 0.407 e. The van der Waals surface area contributed by atoms with E-state index >= 15 is 0 Å². The summed E-state index contributed by atoms with van der Waals surface area (Å²) in [6, 6.07) is 3.67. The lowest BCUT2D eigenvalue weighted by Crippen LogP contribution is -2.41. The Morgan fingerprint density at radius 1 is 1.45 bits per heavy atom. The van der Waals surface area contributed by atoms with Gasteiger partial charge in [-0.05, 0) is 32.8 Å². The monoisotopic (exact) mass is 327 g/mol. The maximum absolute atomic E-state index is 10.9. The molecule has 0 aromatic heterocycles. The number of anilines is 2. The van der Waals surface area contributed by atoms with Gasteiger partial charge >= 0.3 is 6.09 Å². The molecule has 0 atom stereocenters. The third-order valence-corrected chi connectivity index (χ3v) is 3.89. The molecule has 0 spiro atoms. The summed E-state index contributed by atoms with van der Waals surface area (Å²) in [5.74, 6) is 0.594. The molecule has 0 saturated carbocycles. The molecule has 1 amide bonds. The summed E-state index contributed by atoms with van der Waals surface area (Å²) in [6.07, 6.45) is 0.647. The van der Waals surface area contributed by atoms with Crippen LogP contribution in [-0.4, -0.2) is 41.3 Å². The Morgan fingerprint density at radius 3 is 2.64 bits per heavy atom. The molecule has 4 N–H and O–H groups in total. The molecule has 0 bridgehead atoms. The number of nitrogens with zero attached hydrogens (tertiary/aromatic N) is 1. The van der Waals surface area contributed by atoms with Crippen molar-refractivity contribution >= 4 is 29.1 Å². The predicted molar refractivity (Wildman–Crippen MR) is 87.9 cm³/mol. The van der Waals surface area contributed by atoms with E-state index in [2.05, 4.69) is 5.32 Å². The molecule has 0 aliphatic carbocycles. The minimum atomic E-state index is -0.864. The first-order valence-electron chi connectivity index (χ1n) is 7.37. The Kier molecular flexibility index (Phi) is 5.24. The highest BCUT2D eigenvalue weighted by Gasteiger charge is 2.23. The first-order chi connectivity index (χ1) is 10.4. The number of amides is 1. The van der Waals surface area contributed by atoms with Crippen molar-refractivity contribution in [2.24, 2.45) is 0 Å². The summed E-state index contributed by atoms with van der Waals surface area (Å²) >= 11 is 6.14. The molecular weight excluding hydrogens is 306 g/mol. The zero-order valence-electron chi connectivity index (χ0n) is 12.8. The second-order valence-electron chi connectivity index (χ2n) is 5.72. The molecule has 1 aromatic rings. The maximum atomic E-state index is 10.9. The number of hydrogen-bond donors (Lipinski definition) is 3. The van der Waals surface area contributed by atoms with Crippen molar-refractivity contribution in [2.45, 2.75) is 38.8 Å². The van der Waals surface area contributed by atoms with E-state index in [1.165, 1.54) is 4.90 Å². The first kappa shape index (κ1) is 16.5. The van der Waals surface area contributed by atoms with Gasteiger partial charge in [0.05, 0.1) is 22.5 Å². The number of benzene rings is 1. The second-order valence-corrected chi connectivity index (χ2v) is 6.13. The molecule has 0 radical (unpaired) electrons. The average Bonchev–Trinajstić information content (AvgIpc) is 2.44. The summed E-state index contributed by atoms with van der Waals surface area (Å²) in [5, 5.41) is 12.8. The number of nitrogens with one attached hydrogen (secondary N) is 1. The molecule has 2 rings (SSSR count). The lowest BCUT2D eigenvalue weighted by molar-refractivity contribution is 0.134. The van der Waals surface area contributed by atoms with Gasteiger partial charge in [-0.1, -0.05) is 11.6 Å². The molecule has 1 aliphatic heterocycles. The van der Waals surface area contributed by atoms with Crippen molar-refractivity contribution in [3.63, 3.8) is 0 Å². The van der Waals surface area contributed by atoms with Crippen LogP contribution in [0.15, 0.2) is 12.1 Å². The number of halogens is 1. The summed E-state index contributed by atoms with van der Waals surface area (Å²) < 4.78 is 5.66. The Bertz CT molecular complexity index is 543. The highest BCUT2D eigenvalue weighted by molar-refractivity contribution is 6.32. The number of nitrogens with two attached hydrogens (primary N) is 1. The number of carbonyl (C=O) groups is 1. The van der Waals surface area contributed by atoms with Gasteiger partial charge in [-0.3, -0.25) is 0 Å². The fourth-order valence-corrected chi connectivity index (χ4v) is 2.69.